The quantitative estimate of drug-likeness (QED) is 0.139. The van der Waals surface area contributed by atoms with Gasteiger partial charge < -0.3 is 30.0 Å². The Balaban J connectivity index is 1.59. The first-order valence-electron chi connectivity index (χ1n) is 15.7. The van der Waals surface area contributed by atoms with E-state index in [9.17, 15) is 19.2 Å². The SMILES string of the molecule is COc1ccc(C[C@@H](C)C(=O)NC[C@@H](C)C(=O)O[C@@H](CC(C)C)C(=O)O[C@@H](C/C=C/C(N)=O)[C@H](C)[C@H]2O[C@@H]2c2ccccc2)cn1. The number of nitrogens with zero attached hydrogens (tertiary/aromatic N) is 1. The molecule has 0 spiro atoms. The first-order chi connectivity index (χ1) is 21.9. The largest absolute Gasteiger partial charge is 0.481 e. The second-order valence-corrected chi connectivity index (χ2v) is 12.3. The molecule has 0 radical (unpaired) electrons. The Hall–Kier alpha value is -4.25. The van der Waals surface area contributed by atoms with Gasteiger partial charge in [-0.25, -0.2) is 9.78 Å². The first-order valence-corrected chi connectivity index (χ1v) is 15.7. The Labute approximate surface area is 271 Å². The molecule has 1 aromatic carbocycles. The van der Waals surface area contributed by atoms with Gasteiger partial charge in [-0.15, -0.1) is 0 Å². The van der Waals surface area contributed by atoms with E-state index < -0.39 is 36.0 Å². The second-order valence-electron chi connectivity index (χ2n) is 12.3. The number of benzene rings is 1. The number of carbonyl (C=O) groups is 4. The van der Waals surface area contributed by atoms with Gasteiger partial charge in [-0.1, -0.05) is 77.1 Å². The molecule has 1 aliphatic heterocycles. The van der Waals surface area contributed by atoms with Crippen molar-refractivity contribution in [1.82, 2.24) is 10.3 Å². The number of pyridine rings is 1. The van der Waals surface area contributed by atoms with Crippen molar-refractivity contribution in [1.29, 1.82) is 0 Å². The molecule has 1 aliphatic rings. The Morgan fingerprint density at radius 3 is 2.30 bits per heavy atom. The maximum absolute atomic E-state index is 13.5. The van der Waals surface area contributed by atoms with Gasteiger partial charge in [0, 0.05) is 37.1 Å². The lowest BCUT2D eigenvalue weighted by Crippen LogP contribution is -2.40. The second kappa shape index (κ2) is 17.4. The Bertz CT molecular complexity index is 1330. The highest BCUT2D eigenvalue weighted by atomic mass is 16.6. The molecule has 2 amide bonds. The van der Waals surface area contributed by atoms with Gasteiger partial charge in [0.15, 0.2) is 6.10 Å². The summed E-state index contributed by atoms with van der Waals surface area (Å²) in [6.45, 7) is 9.22. The summed E-state index contributed by atoms with van der Waals surface area (Å²) in [5.41, 5.74) is 7.17. The number of aromatic nitrogens is 1. The van der Waals surface area contributed by atoms with E-state index in [0.717, 1.165) is 11.1 Å². The molecule has 1 aromatic heterocycles. The number of amides is 2. The summed E-state index contributed by atoms with van der Waals surface area (Å²) in [6.07, 6.45) is 3.28. The summed E-state index contributed by atoms with van der Waals surface area (Å²) in [7, 11) is 1.54. The lowest BCUT2D eigenvalue weighted by molar-refractivity contribution is -0.176. The third-order valence-electron chi connectivity index (χ3n) is 7.86. The minimum absolute atomic E-state index is 0.0218. The number of methoxy groups -OCH3 is 1. The third-order valence-corrected chi connectivity index (χ3v) is 7.86. The van der Waals surface area contributed by atoms with Crippen LogP contribution in [0.2, 0.25) is 0 Å². The van der Waals surface area contributed by atoms with Crippen LogP contribution in [0.4, 0.5) is 0 Å². The van der Waals surface area contributed by atoms with Crippen LogP contribution in [0.5, 0.6) is 5.88 Å². The lowest BCUT2D eigenvalue weighted by atomic mass is 9.93. The molecule has 11 heteroatoms. The number of nitrogens with one attached hydrogen (secondary N) is 1. The van der Waals surface area contributed by atoms with Crippen molar-refractivity contribution in [3.8, 4) is 5.88 Å². The van der Waals surface area contributed by atoms with Crippen molar-refractivity contribution in [3.05, 3.63) is 71.9 Å². The van der Waals surface area contributed by atoms with E-state index in [4.69, 9.17) is 24.7 Å². The van der Waals surface area contributed by atoms with Crippen LogP contribution in [-0.4, -0.2) is 60.7 Å². The zero-order valence-corrected chi connectivity index (χ0v) is 27.5. The van der Waals surface area contributed by atoms with Crippen LogP contribution in [0.25, 0.3) is 0 Å². The maximum atomic E-state index is 13.5. The average Bonchev–Trinajstić information content (AvgIpc) is 3.83. The van der Waals surface area contributed by atoms with Crippen LogP contribution in [0, 0.1) is 23.7 Å². The van der Waals surface area contributed by atoms with E-state index in [1.54, 1.807) is 32.2 Å². The van der Waals surface area contributed by atoms with Crippen molar-refractivity contribution in [2.24, 2.45) is 29.4 Å². The number of hydrogen-bond acceptors (Lipinski definition) is 9. The molecule has 0 saturated carbocycles. The molecule has 2 aromatic rings. The van der Waals surface area contributed by atoms with E-state index in [1.807, 2.05) is 57.2 Å². The van der Waals surface area contributed by atoms with E-state index in [-0.39, 0.29) is 55.3 Å². The van der Waals surface area contributed by atoms with Crippen LogP contribution < -0.4 is 15.8 Å². The Morgan fingerprint density at radius 1 is 0.978 bits per heavy atom. The molecule has 0 unspecified atom stereocenters. The number of carbonyl (C=O) groups excluding carboxylic acids is 4. The summed E-state index contributed by atoms with van der Waals surface area (Å²) in [4.78, 5) is 54.8. The van der Waals surface area contributed by atoms with Gasteiger partial charge in [-0.2, -0.15) is 0 Å². The molecule has 0 bridgehead atoms. The van der Waals surface area contributed by atoms with Crippen molar-refractivity contribution >= 4 is 23.8 Å². The molecule has 3 N–H and O–H groups in total. The summed E-state index contributed by atoms with van der Waals surface area (Å²) in [6, 6.07) is 13.3. The molecule has 7 atom stereocenters. The number of esters is 2. The molecule has 1 fully saturated rings. The Morgan fingerprint density at radius 2 is 1.70 bits per heavy atom. The van der Waals surface area contributed by atoms with Crippen molar-refractivity contribution < 1.29 is 38.1 Å². The topological polar surface area (TPSA) is 159 Å². The van der Waals surface area contributed by atoms with E-state index in [1.165, 1.54) is 13.2 Å². The van der Waals surface area contributed by atoms with Crippen molar-refractivity contribution in [2.45, 2.75) is 78.3 Å². The molecule has 3 rings (SSSR count). The fourth-order valence-corrected chi connectivity index (χ4v) is 5.05. The van der Waals surface area contributed by atoms with Crippen LogP contribution in [-0.2, 0) is 39.8 Å². The summed E-state index contributed by atoms with van der Waals surface area (Å²) in [5.74, 6) is -2.91. The molecule has 11 nitrogen and oxygen atoms in total. The predicted octanol–water partition coefficient (Wildman–Crippen LogP) is 4.10. The highest BCUT2D eigenvalue weighted by Crippen LogP contribution is 2.45. The highest BCUT2D eigenvalue weighted by molar-refractivity contribution is 5.85. The maximum Gasteiger partial charge on any atom is 0.347 e. The zero-order valence-electron chi connectivity index (χ0n) is 27.5. The van der Waals surface area contributed by atoms with Gasteiger partial charge in [-0.05, 0) is 36.0 Å². The van der Waals surface area contributed by atoms with Crippen molar-refractivity contribution in [3.63, 3.8) is 0 Å². The molecule has 0 aliphatic carbocycles. The summed E-state index contributed by atoms with van der Waals surface area (Å²) >= 11 is 0. The smallest absolute Gasteiger partial charge is 0.347 e. The minimum Gasteiger partial charge on any atom is -0.481 e. The summed E-state index contributed by atoms with van der Waals surface area (Å²) in [5, 5.41) is 2.81. The minimum atomic E-state index is -1.15. The van der Waals surface area contributed by atoms with Crippen LogP contribution in [0.1, 0.15) is 64.7 Å². The van der Waals surface area contributed by atoms with Gasteiger partial charge in [0.25, 0.3) is 0 Å². The summed E-state index contributed by atoms with van der Waals surface area (Å²) < 4.78 is 22.6. The van der Waals surface area contributed by atoms with Crippen LogP contribution >= 0.6 is 0 Å². The first kappa shape index (κ1) is 36.2. The molecule has 2 heterocycles. The molecular weight excluding hydrogens is 590 g/mol. The number of rotatable bonds is 18. The van der Waals surface area contributed by atoms with Crippen molar-refractivity contribution in [2.75, 3.05) is 13.7 Å². The number of hydrogen-bond donors (Lipinski definition) is 2. The molecular formula is C35H47N3O8. The van der Waals surface area contributed by atoms with Gasteiger partial charge in [-0.3, -0.25) is 14.4 Å². The van der Waals surface area contributed by atoms with E-state index in [0.29, 0.717) is 12.3 Å². The Kier molecular flexibility index (Phi) is 13.7. The highest BCUT2D eigenvalue weighted by Gasteiger charge is 2.47. The molecule has 46 heavy (non-hydrogen) atoms. The van der Waals surface area contributed by atoms with Gasteiger partial charge in [0.2, 0.25) is 17.7 Å². The fourth-order valence-electron chi connectivity index (χ4n) is 5.05. The number of epoxide rings is 1. The molecule has 250 valence electrons. The zero-order chi connectivity index (χ0) is 33.8. The third kappa shape index (κ3) is 11.3. The van der Waals surface area contributed by atoms with Crippen LogP contribution in [0.3, 0.4) is 0 Å². The molecule has 1 saturated heterocycles. The average molecular weight is 638 g/mol. The van der Waals surface area contributed by atoms with Gasteiger partial charge >= 0.3 is 11.9 Å². The lowest BCUT2D eigenvalue weighted by Gasteiger charge is -2.26. The number of ether oxygens (including phenoxy) is 4. The van der Waals surface area contributed by atoms with Gasteiger partial charge in [0.1, 0.15) is 12.2 Å². The fraction of sp³-hybridized carbons (Fsp3) is 0.514. The van der Waals surface area contributed by atoms with E-state index >= 15 is 0 Å². The number of primary amides is 1. The monoisotopic (exact) mass is 637 g/mol. The van der Waals surface area contributed by atoms with Crippen LogP contribution in [0.15, 0.2) is 60.8 Å². The number of nitrogens with two attached hydrogens (primary N) is 1. The predicted molar refractivity (Wildman–Crippen MR) is 171 cm³/mol. The van der Waals surface area contributed by atoms with E-state index in [2.05, 4.69) is 10.3 Å². The van der Waals surface area contributed by atoms with Gasteiger partial charge in [0.05, 0.1) is 19.1 Å². The normalized spacial score (nSPS) is 19.0. The standard InChI is InChI=1S/C35H47N3O8/c1-21(2)17-28(45-34(41)23(4)19-38-33(40)22(3)18-25-15-16-30(43-6)37-20-25)35(42)44-27(13-10-14-29(36)39)24(5)31-32(46-31)26-11-8-7-9-12-26/h7-12,14-16,20-24,27-28,31-32H,13,17-19H2,1-6H3,(H2,36,39)(H,38,40)/b14-10+/t22-,23-,24+,27+,28+,31-,32-/m1/s1.